The van der Waals surface area contributed by atoms with E-state index in [9.17, 15) is 23.1 Å². The van der Waals surface area contributed by atoms with Crippen molar-refractivity contribution < 1.29 is 23.1 Å². The van der Waals surface area contributed by atoms with E-state index < -0.39 is 23.6 Å². The molecule has 110 valence electrons. The van der Waals surface area contributed by atoms with Crippen LogP contribution in [0.3, 0.4) is 0 Å². The van der Waals surface area contributed by atoms with E-state index in [4.69, 9.17) is 0 Å². The highest BCUT2D eigenvalue weighted by Gasteiger charge is 2.31. The lowest BCUT2D eigenvalue weighted by atomic mass is 9.97. The van der Waals surface area contributed by atoms with Gasteiger partial charge >= 0.3 is 12.1 Å². The Labute approximate surface area is 115 Å². The molecule has 1 aliphatic rings. The average Bonchev–Trinajstić information content (AvgIpc) is 2.87. The summed E-state index contributed by atoms with van der Waals surface area (Å²) >= 11 is 0. The summed E-state index contributed by atoms with van der Waals surface area (Å²) in [6.07, 6.45) is -2.31. The van der Waals surface area contributed by atoms with Crippen LogP contribution in [-0.2, 0) is 11.0 Å². The van der Waals surface area contributed by atoms with Crippen LogP contribution in [-0.4, -0.2) is 35.6 Å². The van der Waals surface area contributed by atoms with Crippen LogP contribution in [0.2, 0.25) is 0 Å². The Balaban J connectivity index is 2.14. The van der Waals surface area contributed by atoms with Crippen LogP contribution < -0.4 is 0 Å². The lowest BCUT2D eigenvalue weighted by Crippen LogP contribution is -2.29. The quantitative estimate of drug-likeness (QED) is 0.925. The topological polar surface area (TPSA) is 40.5 Å². The number of likely N-dealkylation sites (tertiary alicyclic amines) is 1. The molecule has 1 aliphatic heterocycles. The molecular weight excluding hydrogens is 271 g/mol. The van der Waals surface area contributed by atoms with Gasteiger partial charge in [0.05, 0.1) is 11.5 Å². The number of hydrogen-bond donors (Lipinski definition) is 1. The minimum Gasteiger partial charge on any atom is -0.481 e. The van der Waals surface area contributed by atoms with Gasteiger partial charge in [0.25, 0.3) is 0 Å². The molecule has 1 unspecified atom stereocenters. The van der Waals surface area contributed by atoms with Gasteiger partial charge < -0.3 is 10.0 Å². The molecule has 1 heterocycles. The summed E-state index contributed by atoms with van der Waals surface area (Å²) in [7, 11) is 0. The second kappa shape index (κ2) is 5.83. The summed E-state index contributed by atoms with van der Waals surface area (Å²) in [5.74, 6) is -1.79. The predicted molar refractivity (Wildman–Crippen MR) is 67.5 cm³/mol. The molecule has 0 radical (unpaired) electrons. The van der Waals surface area contributed by atoms with Crippen molar-refractivity contribution in [3.63, 3.8) is 0 Å². The van der Waals surface area contributed by atoms with Gasteiger partial charge in [0.15, 0.2) is 0 Å². The third kappa shape index (κ3) is 3.50. The predicted octanol–water partition coefficient (Wildman–Crippen LogP) is 2.97. The van der Waals surface area contributed by atoms with Gasteiger partial charge in [-0.05, 0) is 43.6 Å². The van der Waals surface area contributed by atoms with Crippen molar-refractivity contribution >= 4 is 5.97 Å². The lowest BCUT2D eigenvalue weighted by Gasteiger charge is -2.21. The SMILES string of the molecule is O=C(O)C(CN1CCCC1)c1ccc(C(F)(F)F)cc1. The van der Waals surface area contributed by atoms with Gasteiger partial charge in [-0.1, -0.05) is 12.1 Å². The number of carbonyl (C=O) groups is 1. The molecule has 1 N–H and O–H groups in total. The van der Waals surface area contributed by atoms with Crippen LogP contribution in [0.15, 0.2) is 24.3 Å². The fourth-order valence-electron chi connectivity index (χ4n) is 2.45. The summed E-state index contributed by atoms with van der Waals surface area (Å²) < 4.78 is 37.4. The number of nitrogens with zero attached hydrogens (tertiary/aromatic N) is 1. The summed E-state index contributed by atoms with van der Waals surface area (Å²) in [6, 6.07) is 4.40. The van der Waals surface area contributed by atoms with Crippen LogP contribution in [0.1, 0.15) is 29.9 Å². The summed E-state index contributed by atoms with van der Waals surface area (Å²) in [4.78, 5) is 13.4. The zero-order valence-corrected chi connectivity index (χ0v) is 10.9. The van der Waals surface area contributed by atoms with Crippen LogP contribution in [0.5, 0.6) is 0 Å². The third-order valence-corrected chi connectivity index (χ3v) is 3.58. The Bertz CT molecular complexity index is 464. The van der Waals surface area contributed by atoms with Crippen LogP contribution in [0.25, 0.3) is 0 Å². The van der Waals surface area contributed by atoms with Gasteiger partial charge in [0.2, 0.25) is 0 Å². The monoisotopic (exact) mass is 287 g/mol. The number of hydrogen-bond acceptors (Lipinski definition) is 2. The van der Waals surface area contributed by atoms with Crippen molar-refractivity contribution in [2.24, 2.45) is 0 Å². The van der Waals surface area contributed by atoms with Crippen molar-refractivity contribution in [2.45, 2.75) is 24.9 Å². The van der Waals surface area contributed by atoms with Gasteiger partial charge in [0, 0.05) is 6.54 Å². The van der Waals surface area contributed by atoms with Gasteiger partial charge in [0.1, 0.15) is 0 Å². The Morgan fingerprint density at radius 2 is 1.75 bits per heavy atom. The van der Waals surface area contributed by atoms with E-state index in [2.05, 4.69) is 0 Å². The van der Waals surface area contributed by atoms with E-state index in [-0.39, 0.29) is 0 Å². The average molecular weight is 287 g/mol. The van der Waals surface area contributed by atoms with Gasteiger partial charge in [-0.15, -0.1) is 0 Å². The number of carboxylic acids is 1. The first-order valence-electron chi connectivity index (χ1n) is 6.50. The molecule has 0 aliphatic carbocycles. The molecule has 3 nitrogen and oxygen atoms in total. The Hall–Kier alpha value is -1.56. The number of alkyl halides is 3. The molecule has 0 aromatic heterocycles. The molecule has 2 rings (SSSR count). The van der Waals surface area contributed by atoms with Crippen molar-refractivity contribution in [3.05, 3.63) is 35.4 Å². The molecule has 1 aromatic rings. The minimum absolute atomic E-state index is 0.348. The van der Waals surface area contributed by atoms with Crippen LogP contribution in [0.4, 0.5) is 13.2 Å². The van der Waals surface area contributed by atoms with E-state index >= 15 is 0 Å². The van der Waals surface area contributed by atoms with Crippen molar-refractivity contribution in [3.8, 4) is 0 Å². The first-order valence-corrected chi connectivity index (χ1v) is 6.50. The summed E-state index contributed by atoms with van der Waals surface area (Å²) in [5.41, 5.74) is -0.344. The maximum absolute atomic E-state index is 12.5. The Morgan fingerprint density at radius 3 is 2.20 bits per heavy atom. The molecule has 6 heteroatoms. The van der Waals surface area contributed by atoms with Gasteiger partial charge in [-0.3, -0.25) is 4.79 Å². The fourth-order valence-corrected chi connectivity index (χ4v) is 2.45. The molecule has 1 atom stereocenters. The lowest BCUT2D eigenvalue weighted by molar-refractivity contribution is -0.139. The van der Waals surface area contributed by atoms with Crippen LogP contribution in [0, 0.1) is 0 Å². The zero-order valence-electron chi connectivity index (χ0n) is 10.9. The number of halogens is 3. The number of rotatable bonds is 4. The summed E-state index contributed by atoms with van der Waals surface area (Å²) in [5, 5.41) is 9.27. The molecule has 1 fully saturated rings. The van der Waals surface area contributed by atoms with E-state index in [0.29, 0.717) is 12.1 Å². The highest BCUT2D eigenvalue weighted by Crippen LogP contribution is 2.30. The van der Waals surface area contributed by atoms with Gasteiger partial charge in [-0.25, -0.2) is 0 Å². The highest BCUT2D eigenvalue weighted by atomic mass is 19.4. The van der Waals surface area contributed by atoms with E-state index in [1.165, 1.54) is 12.1 Å². The van der Waals surface area contributed by atoms with Crippen LogP contribution >= 0.6 is 0 Å². The van der Waals surface area contributed by atoms with Gasteiger partial charge in [-0.2, -0.15) is 13.2 Å². The van der Waals surface area contributed by atoms with E-state index in [0.717, 1.165) is 38.1 Å². The molecule has 20 heavy (non-hydrogen) atoms. The molecule has 0 amide bonds. The molecule has 1 saturated heterocycles. The molecule has 0 saturated carbocycles. The summed E-state index contributed by atoms with van der Waals surface area (Å²) in [6.45, 7) is 2.05. The number of carboxylic acid groups (broad SMARTS) is 1. The first-order chi connectivity index (χ1) is 9.38. The molecule has 0 spiro atoms. The molecule has 1 aromatic carbocycles. The van der Waals surface area contributed by atoms with Crippen molar-refractivity contribution in [1.29, 1.82) is 0 Å². The molecular formula is C14H16F3NO2. The maximum Gasteiger partial charge on any atom is 0.416 e. The highest BCUT2D eigenvalue weighted by molar-refractivity contribution is 5.76. The largest absolute Gasteiger partial charge is 0.481 e. The van der Waals surface area contributed by atoms with Crippen molar-refractivity contribution in [1.82, 2.24) is 4.90 Å². The van der Waals surface area contributed by atoms with E-state index in [1.807, 2.05) is 4.90 Å². The van der Waals surface area contributed by atoms with E-state index in [1.54, 1.807) is 0 Å². The number of benzene rings is 1. The first kappa shape index (κ1) is 14.8. The Kier molecular flexibility index (Phi) is 4.32. The second-order valence-corrected chi connectivity index (χ2v) is 5.02. The smallest absolute Gasteiger partial charge is 0.416 e. The standard InChI is InChI=1S/C14H16F3NO2/c15-14(16,17)11-5-3-10(4-6-11)12(13(19)20)9-18-7-1-2-8-18/h3-6,12H,1-2,7-9H2,(H,19,20). The maximum atomic E-state index is 12.5. The Morgan fingerprint density at radius 1 is 1.20 bits per heavy atom. The fraction of sp³-hybridized carbons (Fsp3) is 0.500. The third-order valence-electron chi connectivity index (χ3n) is 3.58. The number of aliphatic carboxylic acids is 1. The zero-order chi connectivity index (χ0) is 14.8. The molecule has 0 bridgehead atoms. The minimum atomic E-state index is -4.40. The normalized spacial score (nSPS) is 18.1. The van der Waals surface area contributed by atoms with Crippen molar-refractivity contribution in [2.75, 3.05) is 19.6 Å². The second-order valence-electron chi connectivity index (χ2n) is 5.02.